The fourth-order valence-corrected chi connectivity index (χ4v) is 1.78. The van der Waals surface area contributed by atoms with Gasteiger partial charge in [0.2, 0.25) is 0 Å². The Balaban J connectivity index is 2.89. The maximum absolute atomic E-state index is 11.0. The van der Waals surface area contributed by atoms with Crippen LogP contribution < -0.4 is 4.74 Å². The maximum Gasteiger partial charge on any atom is 0.338 e. The Labute approximate surface area is 91.5 Å². The second-order valence-corrected chi connectivity index (χ2v) is 3.47. The van der Waals surface area contributed by atoms with E-state index in [2.05, 4.69) is 0 Å². The highest BCUT2D eigenvalue weighted by Gasteiger charge is 2.18. The summed E-state index contributed by atoms with van der Waals surface area (Å²) in [7, 11) is 3.14. The summed E-state index contributed by atoms with van der Waals surface area (Å²) >= 11 is 0. The van der Waals surface area contributed by atoms with E-state index in [0.717, 1.165) is 0 Å². The number of carboxylic acids is 1. The smallest absolute Gasteiger partial charge is 0.338 e. The van der Waals surface area contributed by atoms with Crippen molar-refractivity contribution in [2.24, 2.45) is 7.05 Å². The molecule has 16 heavy (non-hydrogen) atoms. The lowest BCUT2D eigenvalue weighted by Gasteiger charge is -2.05. The second-order valence-electron chi connectivity index (χ2n) is 3.47. The van der Waals surface area contributed by atoms with Crippen molar-refractivity contribution < 1.29 is 19.7 Å². The number of methoxy groups -OCH3 is 1. The molecular weight excluding hydrogens is 210 g/mol. The van der Waals surface area contributed by atoms with Crippen molar-refractivity contribution >= 4 is 16.9 Å². The molecule has 0 amide bonds. The Morgan fingerprint density at radius 3 is 2.69 bits per heavy atom. The first-order valence-corrected chi connectivity index (χ1v) is 4.64. The molecule has 5 nitrogen and oxygen atoms in total. The number of aromatic nitrogens is 1. The average Bonchev–Trinajstić information content (AvgIpc) is 2.58. The number of hydrogen-bond acceptors (Lipinski definition) is 3. The molecule has 0 saturated carbocycles. The van der Waals surface area contributed by atoms with Gasteiger partial charge in [-0.05, 0) is 12.1 Å². The highest BCUT2D eigenvalue weighted by atomic mass is 16.5. The van der Waals surface area contributed by atoms with E-state index in [-0.39, 0.29) is 17.1 Å². The number of carboxylic acid groups (broad SMARTS) is 1. The van der Waals surface area contributed by atoms with Gasteiger partial charge in [-0.2, -0.15) is 0 Å². The van der Waals surface area contributed by atoms with Gasteiger partial charge in [-0.3, -0.25) is 0 Å². The minimum absolute atomic E-state index is 0.0638. The molecule has 0 fully saturated rings. The summed E-state index contributed by atoms with van der Waals surface area (Å²) in [6, 6.07) is 3.31. The van der Waals surface area contributed by atoms with Crippen molar-refractivity contribution in [3.8, 4) is 11.5 Å². The van der Waals surface area contributed by atoms with Crippen LogP contribution in [0.4, 0.5) is 0 Å². The molecule has 0 bridgehead atoms. The number of phenols is 1. The van der Waals surface area contributed by atoms with Crippen LogP contribution in [0.1, 0.15) is 10.4 Å². The number of ether oxygens (including phenoxy) is 1. The number of nitrogens with zero attached hydrogens (tertiary/aromatic N) is 1. The first kappa shape index (κ1) is 10.4. The second kappa shape index (κ2) is 3.44. The number of aromatic hydroxyl groups is 1. The van der Waals surface area contributed by atoms with Crippen molar-refractivity contribution in [2.75, 3.05) is 7.11 Å². The molecule has 2 rings (SSSR count). The predicted octanol–water partition coefficient (Wildman–Crippen LogP) is 1.59. The van der Waals surface area contributed by atoms with E-state index in [0.29, 0.717) is 10.9 Å². The first-order chi connectivity index (χ1) is 7.56. The van der Waals surface area contributed by atoms with E-state index < -0.39 is 5.97 Å². The van der Waals surface area contributed by atoms with Crippen molar-refractivity contribution in [3.63, 3.8) is 0 Å². The third kappa shape index (κ3) is 1.29. The van der Waals surface area contributed by atoms with Crippen LogP contribution in [-0.2, 0) is 7.05 Å². The van der Waals surface area contributed by atoms with Gasteiger partial charge in [-0.1, -0.05) is 0 Å². The van der Waals surface area contributed by atoms with Crippen molar-refractivity contribution in [1.29, 1.82) is 0 Å². The molecule has 2 N–H and O–H groups in total. The first-order valence-electron chi connectivity index (χ1n) is 4.64. The zero-order valence-corrected chi connectivity index (χ0v) is 8.89. The van der Waals surface area contributed by atoms with E-state index in [1.54, 1.807) is 23.7 Å². The van der Waals surface area contributed by atoms with Crippen molar-refractivity contribution in [1.82, 2.24) is 4.57 Å². The quantitative estimate of drug-likeness (QED) is 0.807. The topological polar surface area (TPSA) is 71.7 Å². The molecular formula is C11H11NO4. The molecule has 0 spiro atoms. The zero-order valence-electron chi connectivity index (χ0n) is 8.89. The molecule has 0 radical (unpaired) electrons. The molecule has 2 aromatic rings. The molecule has 0 aliphatic rings. The lowest BCUT2D eigenvalue weighted by molar-refractivity contribution is 0.0698. The van der Waals surface area contributed by atoms with Gasteiger partial charge >= 0.3 is 5.97 Å². The van der Waals surface area contributed by atoms with Crippen LogP contribution in [-0.4, -0.2) is 27.9 Å². The Bertz CT molecular complexity index is 571. The standard InChI is InChI=1S/C11H11NO4/c1-12-5-6(11(14)15)9-7(12)3-4-8(16-2)10(9)13/h3-5,13H,1-2H3,(H,14,15). The van der Waals surface area contributed by atoms with Crippen LogP contribution in [0.2, 0.25) is 0 Å². The van der Waals surface area contributed by atoms with E-state index in [1.165, 1.54) is 13.3 Å². The van der Waals surface area contributed by atoms with Crippen molar-refractivity contribution in [2.45, 2.75) is 0 Å². The maximum atomic E-state index is 11.0. The summed E-state index contributed by atoms with van der Waals surface area (Å²) < 4.78 is 6.60. The number of phenolic OH excluding ortho intramolecular Hbond substituents is 1. The van der Waals surface area contributed by atoms with Gasteiger partial charge in [-0.15, -0.1) is 0 Å². The molecule has 1 heterocycles. The van der Waals surface area contributed by atoms with Gasteiger partial charge in [0.1, 0.15) is 0 Å². The van der Waals surface area contributed by atoms with E-state index in [4.69, 9.17) is 9.84 Å². The van der Waals surface area contributed by atoms with Crippen LogP contribution in [0.3, 0.4) is 0 Å². The summed E-state index contributed by atoms with van der Waals surface area (Å²) in [5, 5.41) is 19.2. The van der Waals surface area contributed by atoms with Crippen molar-refractivity contribution in [3.05, 3.63) is 23.9 Å². The minimum Gasteiger partial charge on any atom is -0.504 e. The number of rotatable bonds is 2. The van der Waals surface area contributed by atoms with E-state index in [9.17, 15) is 9.90 Å². The highest BCUT2D eigenvalue weighted by molar-refractivity contribution is 6.07. The Morgan fingerprint density at radius 2 is 2.12 bits per heavy atom. The molecule has 0 aliphatic heterocycles. The van der Waals surface area contributed by atoms with Crippen LogP contribution in [0.25, 0.3) is 10.9 Å². The average molecular weight is 221 g/mol. The summed E-state index contributed by atoms with van der Waals surface area (Å²) in [6.45, 7) is 0. The van der Waals surface area contributed by atoms with E-state index in [1.807, 2.05) is 0 Å². The van der Waals surface area contributed by atoms with Crippen LogP contribution in [0.5, 0.6) is 11.5 Å². The molecule has 84 valence electrons. The molecule has 1 aromatic carbocycles. The number of benzene rings is 1. The summed E-state index contributed by atoms with van der Waals surface area (Å²) in [5.74, 6) is -0.951. The van der Waals surface area contributed by atoms with Gasteiger partial charge in [0.25, 0.3) is 0 Å². The number of hydrogen-bond donors (Lipinski definition) is 2. The summed E-state index contributed by atoms with van der Waals surface area (Å²) in [6.07, 6.45) is 1.46. The zero-order chi connectivity index (χ0) is 11.9. The molecule has 0 aliphatic carbocycles. The van der Waals surface area contributed by atoms with Gasteiger partial charge in [0, 0.05) is 13.2 Å². The molecule has 0 atom stereocenters. The third-order valence-electron chi connectivity index (χ3n) is 2.54. The molecule has 5 heteroatoms. The van der Waals surface area contributed by atoms with E-state index >= 15 is 0 Å². The third-order valence-corrected chi connectivity index (χ3v) is 2.54. The summed E-state index contributed by atoms with van der Waals surface area (Å²) in [4.78, 5) is 11.0. The van der Waals surface area contributed by atoms with Gasteiger partial charge in [0.05, 0.1) is 23.6 Å². The molecule has 0 unspecified atom stereocenters. The summed E-state index contributed by atoms with van der Waals surface area (Å²) in [5.41, 5.74) is 0.713. The Hall–Kier alpha value is -2.17. The fourth-order valence-electron chi connectivity index (χ4n) is 1.78. The van der Waals surface area contributed by atoms with Crippen LogP contribution in [0, 0.1) is 0 Å². The Kier molecular flexibility index (Phi) is 2.23. The fraction of sp³-hybridized carbons (Fsp3) is 0.182. The van der Waals surface area contributed by atoms with Crippen LogP contribution >= 0.6 is 0 Å². The van der Waals surface area contributed by atoms with Crippen LogP contribution in [0.15, 0.2) is 18.3 Å². The number of aryl methyl sites for hydroxylation is 1. The van der Waals surface area contributed by atoms with Gasteiger partial charge < -0.3 is 19.5 Å². The monoisotopic (exact) mass is 221 g/mol. The number of aromatic carboxylic acids is 1. The Morgan fingerprint density at radius 1 is 1.44 bits per heavy atom. The number of carbonyl (C=O) groups is 1. The normalized spacial score (nSPS) is 10.6. The predicted molar refractivity (Wildman–Crippen MR) is 58.1 cm³/mol. The lowest BCUT2D eigenvalue weighted by atomic mass is 10.1. The molecule has 1 aromatic heterocycles. The van der Waals surface area contributed by atoms with Gasteiger partial charge in [0.15, 0.2) is 11.5 Å². The SMILES string of the molecule is COc1ccc2c(c(C(=O)O)cn2C)c1O. The molecule has 0 saturated heterocycles. The largest absolute Gasteiger partial charge is 0.504 e. The number of fused-ring (bicyclic) bond motifs is 1. The van der Waals surface area contributed by atoms with Gasteiger partial charge in [-0.25, -0.2) is 4.79 Å². The minimum atomic E-state index is -1.07. The lowest BCUT2D eigenvalue weighted by Crippen LogP contribution is -1.94. The highest BCUT2D eigenvalue weighted by Crippen LogP contribution is 2.37.